The lowest BCUT2D eigenvalue weighted by Crippen LogP contribution is -2.41. The fourth-order valence-electron chi connectivity index (χ4n) is 2.68. The first-order valence-corrected chi connectivity index (χ1v) is 7.74. The van der Waals surface area contributed by atoms with Crippen LogP contribution in [0.1, 0.15) is 25.3 Å². The normalized spacial score (nSPS) is 19.1. The maximum Gasteiger partial charge on any atom is 0.119 e. The second-order valence-electron chi connectivity index (χ2n) is 5.35. The Morgan fingerprint density at radius 3 is 2.86 bits per heavy atom. The summed E-state index contributed by atoms with van der Waals surface area (Å²) >= 11 is 0. The molecule has 0 bridgehead atoms. The maximum absolute atomic E-state index is 8.64. The summed E-state index contributed by atoms with van der Waals surface area (Å²) in [6.07, 6.45) is 3.21. The molecular formula is C17H24N2O2. The number of ether oxygens (including phenoxy) is 2. The summed E-state index contributed by atoms with van der Waals surface area (Å²) < 4.78 is 11.5. The van der Waals surface area contributed by atoms with Crippen LogP contribution < -0.4 is 4.74 Å². The Morgan fingerprint density at radius 1 is 1.33 bits per heavy atom. The molecule has 4 heteroatoms. The van der Waals surface area contributed by atoms with E-state index < -0.39 is 0 Å². The fraction of sp³-hybridized carbons (Fsp3) is 0.588. The van der Waals surface area contributed by atoms with Gasteiger partial charge >= 0.3 is 0 Å². The molecule has 0 N–H and O–H groups in total. The van der Waals surface area contributed by atoms with Gasteiger partial charge in [0.2, 0.25) is 0 Å². The number of hydrogen-bond donors (Lipinski definition) is 0. The molecule has 21 heavy (non-hydrogen) atoms. The molecule has 0 saturated carbocycles. The molecular weight excluding hydrogens is 264 g/mol. The fourth-order valence-corrected chi connectivity index (χ4v) is 2.68. The highest BCUT2D eigenvalue weighted by Crippen LogP contribution is 2.15. The lowest BCUT2D eigenvalue weighted by Gasteiger charge is -2.32. The third-order valence-corrected chi connectivity index (χ3v) is 3.75. The smallest absolute Gasteiger partial charge is 0.119 e. The Labute approximate surface area is 127 Å². The topological polar surface area (TPSA) is 45.5 Å². The van der Waals surface area contributed by atoms with Gasteiger partial charge in [-0.1, -0.05) is 12.1 Å². The van der Waals surface area contributed by atoms with E-state index in [0.717, 1.165) is 37.6 Å². The van der Waals surface area contributed by atoms with Crippen LogP contribution in [0, 0.1) is 11.3 Å². The van der Waals surface area contributed by atoms with Crippen LogP contribution in [0.15, 0.2) is 24.3 Å². The molecule has 0 spiro atoms. The van der Waals surface area contributed by atoms with E-state index in [9.17, 15) is 0 Å². The van der Waals surface area contributed by atoms with Gasteiger partial charge in [0.1, 0.15) is 12.4 Å². The second-order valence-corrected chi connectivity index (χ2v) is 5.35. The summed E-state index contributed by atoms with van der Waals surface area (Å²) in [6, 6.07) is 9.92. The number of nitrogens with zero attached hydrogens (tertiary/aromatic N) is 2. The molecule has 0 aromatic heterocycles. The number of likely N-dealkylation sites (tertiary alicyclic amines) is 1. The third kappa shape index (κ3) is 5.37. The summed E-state index contributed by atoms with van der Waals surface area (Å²) in [5.74, 6) is 0.870. The van der Waals surface area contributed by atoms with E-state index in [2.05, 4.69) is 17.9 Å². The third-order valence-electron chi connectivity index (χ3n) is 3.75. The lowest BCUT2D eigenvalue weighted by atomic mass is 10.1. The Balaban J connectivity index is 1.70. The zero-order valence-electron chi connectivity index (χ0n) is 12.8. The Bertz CT molecular complexity index is 451. The number of piperidine rings is 1. The van der Waals surface area contributed by atoms with E-state index in [1.807, 2.05) is 24.3 Å². The second kappa shape index (κ2) is 8.66. The van der Waals surface area contributed by atoms with Gasteiger partial charge in [0, 0.05) is 19.7 Å². The van der Waals surface area contributed by atoms with Gasteiger partial charge in [-0.25, -0.2) is 0 Å². The zero-order chi connectivity index (χ0) is 14.9. The van der Waals surface area contributed by atoms with Gasteiger partial charge in [-0.05, 0) is 44.0 Å². The molecule has 0 amide bonds. The Hall–Kier alpha value is -1.57. The molecule has 1 aromatic carbocycles. The monoisotopic (exact) mass is 288 g/mol. The van der Waals surface area contributed by atoms with Crippen molar-refractivity contribution >= 4 is 0 Å². The van der Waals surface area contributed by atoms with Gasteiger partial charge in [-0.2, -0.15) is 5.26 Å². The number of hydrogen-bond acceptors (Lipinski definition) is 4. The summed E-state index contributed by atoms with van der Waals surface area (Å²) in [6.45, 7) is 6.62. The van der Waals surface area contributed by atoms with Crippen LogP contribution in [0.2, 0.25) is 0 Å². The first-order valence-electron chi connectivity index (χ1n) is 7.74. The molecule has 114 valence electrons. The molecule has 1 aliphatic heterocycles. The molecule has 1 saturated heterocycles. The van der Waals surface area contributed by atoms with Crippen molar-refractivity contribution in [3.05, 3.63) is 29.8 Å². The van der Waals surface area contributed by atoms with Crippen LogP contribution in [0.25, 0.3) is 0 Å². The van der Waals surface area contributed by atoms with E-state index >= 15 is 0 Å². The molecule has 1 fully saturated rings. The zero-order valence-corrected chi connectivity index (χ0v) is 12.8. The Kier molecular flexibility index (Phi) is 6.52. The molecule has 1 atom stereocenters. The minimum Gasteiger partial charge on any atom is -0.492 e. The lowest BCUT2D eigenvalue weighted by molar-refractivity contribution is 0.00304. The maximum atomic E-state index is 8.64. The number of rotatable bonds is 7. The minimum atomic E-state index is 0.383. The van der Waals surface area contributed by atoms with Crippen molar-refractivity contribution in [1.29, 1.82) is 5.26 Å². The van der Waals surface area contributed by atoms with Gasteiger partial charge in [0.25, 0.3) is 0 Å². The van der Waals surface area contributed by atoms with Crippen molar-refractivity contribution in [3.63, 3.8) is 0 Å². The number of benzene rings is 1. The molecule has 2 rings (SSSR count). The van der Waals surface area contributed by atoms with Crippen LogP contribution in [-0.2, 0) is 11.2 Å². The first-order chi connectivity index (χ1) is 10.3. The van der Waals surface area contributed by atoms with Crippen molar-refractivity contribution < 1.29 is 9.47 Å². The van der Waals surface area contributed by atoms with E-state index in [1.54, 1.807) is 0 Å². The van der Waals surface area contributed by atoms with Gasteiger partial charge in [0.15, 0.2) is 0 Å². The average molecular weight is 288 g/mol. The van der Waals surface area contributed by atoms with Crippen LogP contribution in [0.3, 0.4) is 0 Å². The van der Waals surface area contributed by atoms with Crippen molar-refractivity contribution in [1.82, 2.24) is 4.90 Å². The summed E-state index contributed by atoms with van der Waals surface area (Å²) in [4.78, 5) is 2.41. The summed E-state index contributed by atoms with van der Waals surface area (Å²) in [5.41, 5.74) is 1.03. The van der Waals surface area contributed by atoms with E-state index in [1.165, 1.54) is 12.8 Å². The molecule has 4 nitrogen and oxygen atoms in total. The summed E-state index contributed by atoms with van der Waals surface area (Å²) in [7, 11) is 0. The predicted octanol–water partition coefficient (Wildman–Crippen LogP) is 2.63. The van der Waals surface area contributed by atoms with Gasteiger partial charge < -0.3 is 9.47 Å². The predicted molar refractivity (Wildman–Crippen MR) is 82.3 cm³/mol. The van der Waals surface area contributed by atoms with Gasteiger partial charge in [-0.15, -0.1) is 0 Å². The first kappa shape index (κ1) is 15.8. The van der Waals surface area contributed by atoms with Crippen LogP contribution in [-0.4, -0.2) is 43.9 Å². The SMILES string of the molecule is CCOC1CCCN(CCOc2ccc(CC#N)cc2)C1. The van der Waals surface area contributed by atoms with Crippen LogP contribution >= 0.6 is 0 Å². The van der Waals surface area contributed by atoms with E-state index in [0.29, 0.717) is 19.1 Å². The molecule has 1 aromatic rings. The number of nitriles is 1. The molecule has 1 aliphatic rings. The van der Waals surface area contributed by atoms with E-state index in [-0.39, 0.29) is 0 Å². The van der Waals surface area contributed by atoms with E-state index in [4.69, 9.17) is 14.7 Å². The molecule has 0 aliphatic carbocycles. The molecule has 1 unspecified atom stereocenters. The van der Waals surface area contributed by atoms with Crippen molar-refractivity contribution in [2.75, 3.05) is 32.8 Å². The van der Waals surface area contributed by atoms with Gasteiger partial charge in [-0.3, -0.25) is 4.90 Å². The quantitative estimate of drug-likeness (QED) is 0.774. The molecule has 0 radical (unpaired) electrons. The minimum absolute atomic E-state index is 0.383. The summed E-state index contributed by atoms with van der Waals surface area (Å²) in [5, 5.41) is 8.64. The van der Waals surface area contributed by atoms with Crippen molar-refractivity contribution in [2.45, 2.75) is 32.3 Å². The molecule has 1 heterocycles. The van der Waals surface area contributed by atoms with Crippen molar-refractivity contribution in [2.24, 2.45) is 0 Å². The Morgan fingerprint density at radius 2 is 2.14 bits per heavy atom. The van der Waals surface area contributed by atoms with Crippen LogP contribution in [0.4, 0.5) is 0 Å². The highest BCUT2D eigenvalue weighted by atomic mass is 16.5. The largest absolute Gasteiger partial charge is 0.492 e. The standard InChI is InChI=1S/C17H24N2O2/c1-2-20-17-4-3-11-19(14-17)12-13-21-16-7-5-15(6-8-16)9-10-18/h5-8,17H,2-4,9,11-14H2,1H3. The highest BCUT2D eigenvalue weighted by molar-refractivity contribution is 5.28. The van der Waals surface area contributed by atoms with Crippen molar-refractivity contribution in [3.8, 4) is 11.8 Å². The highest BCUT2D eigenvalue weighted by Gasteiger charge is 2.19. The average Bonchev–Trinajstić information content (AvgIpc) is 2.50. The van der Waals surface area contributed by atoms with Gasteiger partial charge in [0.05, 0.1) is 18.6 Å². The van der Waals surface area contributed by atoms with Crippen LogP contribution in [0.5, 0.6) is 5.75 Å².